The summed E-state index contributed by atoms with van der Waals surface area (Å²) in [5.74, 6) is -1.42. The summed E-state index contributed by atoms with van der Waals surface area (Å²) in [4.78, 5) is 9.97. The van der Waals surface area contributed by atoms with Gasteiger partial charge in [0.25, 0.3) is 0 Å². The molecule has 0 saturated heterocycles. The van der Waals surface area contributed by atoms with Gasteiger partial charge in [-0.05, 0) is 23.8 Å². The first-order chi connectivity index (χ1) is 7.13. The van der Waals surface area contributed by atoms with Crippen molar-refractivity contribution in [3.05, 3.63) is 35.7 Å². The van der Waals surface area contributed by atoms with Crippen molar-refractivity contribution in [1.82, 2.24) is 0 Å². The molecule has 0 saturated carbocycles. The van der Waals surface area contributed by atoms with Crippen LogP contribution in [0.25, 0.3) is 6.08 Å². The highest BCUT2D eigenvalue weighted by atomic mass is 19.3. The Morgan fingerprint density at radius 2 is 2.07 bits per heavy atom. The van der Waals surface area contributed by atoms with Crippen LogP contribution in [0.1, 0.15) is 5.56 Å². The summed E-state index contributed by atoms with van der Waals surface area (Å²) in [5.41, 5.74) is 0.390. The van der Waals surface area contributed by atoms with E-state index in [1.54, 1.807) is 0 Å². The fourth-order valence-electron chi connectivity index (χ4n) is 0.963. The molecule has 0 heterocycles. The molecule has 15 heavy (non-hydrogen) atoms. The van der Waals surface area contributed by atoms with Gasteiger partial charge in [-0.3, -0.25) is 4.79 Å². The molecular weight excluding hydrogens is 209 g/mol. The Hall–Kier alpha value is -1.78. The molecule has 0 radical (unpaired) electrons. The molecule has 0 unspecified atom stereocenters. The predicted molar refractivity (Wildman–Crippen MR) is 48.1 cm³/mol. The number of halogens is 3. The molecule has 0 aliphatic carbocycles. The number of benzene rings is 1. The van der Waals surface area contributed by atoms with E-state index < -0.39 is 18.2 Å². The molecule has 0 aliphatic heterocycles. The summed E-state index contributed by atoms with van der Waals surface area (Å²) in [6.07, 6.45) is 3.05. The number of allylic oxidation sites excluding steroid dienone is 1. The van der Waals surface area contributed by atoms with Crippen LogP contribution in [0.2, 0.25) is 0 Å². The van der Waals surface area contributed by atoms with Gasteiger partial charge in [0.15, 0.2) is 11.6 Å². The largest absolute Gasteiger partial charge is 0.432 e. The summed E-state index contributed by atoms with van der Waals surface area (Å²) < 4.78 is 40.5. The third-order valence-electron chi connectivity index (χ3n) is 1.54. The molecule has 1 rings (SSSR count). The summed E-state index contributed by atoms with van der Waals surface area (Å²) in [7, 11) is 0. The van der Waals surface area contributed by atoms with Gasteiger partial charge in [0, 0.05) is 0 Å². The van der Waals surface area contributed by atoms with E-state index in [2.05, 4.69) is 4.74 Å². The lowest BCUT2D eigenvalue weighted by Crippen LogP contribution is -2.03. The van der Waals surface area contributed by atoms with Crippen molar-refractivity contribution in [2.75, 3.05) is 0 Å². The predicted octanol–water partition coefficient (Wildman–Crippen LogP) is 2.64. The summed E-state index contributed by atoms with van der Waals surface area (Å²) in [6.45, 7) is -3.06. The number of hydrogen-bond donors (Lipinski definition) is 0. The highest BCUT2D eigenvalue weighted by Gasteiger charge is 2.09. The van der Waals surface area contributed by atoms with E-state index in [4.69, 9.17) is 0 Å². The molecule has 0 atom stereocenters. The zero-order valence-corrected chi connectivity index (χ0v) is 7.49. The molecule has 5 heteroatoms. The molecule has 2 nitrogen and oxygen atoms in total. The third kappa shape index (κ3) is 3.46. The number of aldehydes is 1. The second-order valence-corrected chi connectivity index (χ2v) is 2.56. The minimum atomic E-state index is -3.06. The summed E-state index contributed by atoms with van der Waals surface area (Å²) in [5, 5.41) is 0. The lowest BCUT2D eigenvalue weighted by molar-refractivity contribution is -0.104. The monoisotopic (exact) mass is 216 g/mol. The van der Waals surface area contributed by atoms with Crippen LogP contribution in [0, 0.1) is 5.82 Å². The Morgan fingerprint density at radius 3 is 2.60 bits per heavy atom. The maximum absolute atomic E-state index is 13.1. The molecule has 0 aromatic heterocycles. The van der Waals surface area contributed by atoms with Crippen LogP contribution in [-0.2, 0) is 4.79 Å². The lowest BCUT2D eigenvalue weighted by Gasteiger charge is -2.05. The first kappa shape index (κ1) is 11.3. The Labute approximate surface area is 84.0 Å². The average molecular weight is 216 g/mol. The number of hydrogen-bond acceptors (Lipinski definition) is 2. The van der Waals surface area contributed by atoms with E-state index in [0.717, 1.165) is 12.1 Å². The highest BCUT2D eigenvalue weighted by Crippen LogP contribution is 2.20. The number of carbonyl (C=O) groups excluding carboxylic acids is 1. The van der Waals surface area contributed by atoms with E-state index in [0.29, 0.717) is 11.8 Å². The fourth-order valence-corrected chi connectivity index (χ4v) is 0.963. The Kier molecular flexibility index (Phi) is 3.91. The quantitative estimate of drug-likeness (QED) is 0.571. The molecule has 0 aliphatic rings. The number of alkyl halides is 2. The molecule has 0 bridgehead atoms. The van der Waals surface area contributed by atoms with Gasteiger partial charge in [0.2, 0.25) is 0 Å². The van der Waals surface area contributed by atoms with E-state index in [9.17, 15) is 18.0 Å². The zero-order chi connectivity index (χ0) is 11.3. The maximum atomic E-state index is 13.1. The van der Waals surface area contributed by atoms with Crippen molar-refractivity contribution in [2.45, 2.75) is 6.61 Å². The molecule has 0 fully saturated rings. The van der Waals surface area contributed by atoms with Gasteiger partial charge in [0.05, 0.1) is 0 Å². The van der Waals surface area contributed by atoms with Crippen LogP contribution < -0.4 is 4.74 Å². The van der Waals surface area contributed by atoms with Crippen molar-refractivity contribution in [3.8, 4) is 5.75 Å². The maximum Gasteiger partial charge on any atom is 0.387 e. The number of ether oxygens (including phenoxy) is 1. The van der Waals surface area contributed by atoms with Gasteiger partial charge in [-0.2, -0.15) is 8.78 Å². The number of rotatable bonds is 4. The second kappa shape index (κ2) is 5.19. The van der Waals surface area contributed by atoms with Gasteiger partial charge in [-0.25, -0.2) is 4.39 Å². The topological polar surface area (TPSA) is 26.3 Å². The Balaban J connectivity index is 2.87. The molecule has 0 N–H and O–H groups in total. The molecule has 0 spiro atoms. The smallest absolute Gasteiger partial charge is 0.387 e. The lowest BCUT2D eigenvalue weighted by atomic mass is 10.2. The van der Waals surface area contributed by atoms with Crippen molar-refractivity contribution in [3.63, 3.8) is 0 Å². The van der Waals surface area contributed by atoms with Gasteiger partial charge < -0.3 is 4.74 Å². The minimum absolute atomic E-state index is 0.390. The molecular formula is C10H7F3O2. The van der Waals surface area contributed by atoms with Crippen LogP contribution in [0.5, 0.6) is 5.75 Å². The molecule has 80 valence electrons. The van der Waals surface area contributed by atoms with Gasteiger partial charge >= 0.3 is 6.61 Å². The first-order valence-electron chi connectivity index (χ1n) is 3.99. The van der Waals surface area contributed by atoms with Crippen molar-refractivity contribution >= 4 is 12.4 Å². The third-order valence-corrected chi connectivity index (χ3v) is 1.54. The molecule has 1 aromatic rings. The van der Waals surface area contributed by atoms with Crippen LogP contribution in [0.4, 0.5) is 13.2 Å². The minimum Gasteiger partial charge on any atom is -0.432 e. The van der Waals surface area contributed by atoms with Crippen molar-refractivity contribution < 1.29 is 22.7 Å². The highest BCUT2D eigenvalue weighted by molar-refractivity contribution is 5.73. The van der Waals surface area contributed by atoms with Gasteiger partial charge in [-0.15, -0.1) is 0 Å². The van der Waals surface area contributed by atoms with Gasteiger partial charge in [0.1, 0.15) is 6.29 Å². The normalized spacial score (nSPS) is 10.9. The van der Waals surface area contributed by atoms with Crippen molar-refractivity contribution in [2.24, 2.45) is 0 Å². The fraction of sp³-hybridized carbons (Fsp3) is 0.100. The molecule has 1 aromatic carbocycles. The standard InChI is InChI=1S/C10H7F3O2/c11-8-6-7(2-1-5-14)3-4-9(8)15-10(12)13/h1-6,10H/b2-1+. The average Bonchev–Trinajstić information content (AvgIpc) is 2.18. The van der Waals surface area contributed by atoms with Crippen molar-refractivity contribution in [1.29, 1.82) is 0 Å². The number of carbonyl (C=O) groups is 1. The van der Waals surface area contributed by atoms with Gasteiger partial charge in [-0.1, -0.05) is 12.1 Å². The van der Waals surface area contributed by atoms with E-state index in [-0.39, 0.29) is 0 Å². The second-order valence-electron chi connectivity index (χ2n) is 2.56. The SMILES string of the molecule is O=C/C=C/c1ccc(OC(F)F)c(F)c1. The van der Waals surface area contributed by atoms with E-state index in [1.165, 1.54) is 18.2 Å². The Morgan fingerprint density at radius 1 is 1.33 bits per heavy atom. The first-order valence-corrected chi connectivity index (χ1v) is 3.99. The van der Waals surface area contributed by atoms with E-state index in [1.807, 2.05) is 0 Å². The van der Waals surface area contributed by atoms with Crippen LogP contribution >= 0.6 is 0 Å². The van der Waals surface area contributed by atoms with Crippen LogP contribution in [0.3, 0.4) is 0 Å². The summed E-state index contributed by atoms with van der Waals surface area (Å²) in [6, 6.07) is 3.43. The zero-order valence-electron chi connectivity index (χ0n) is 7.49. The van der Waals surface area contributed by atoms with Crippen LogP contribution in [-0.4, -0.2) is 12.9 Å². The summed E-state index contributed by atoms with van der Waals surface area (Å²) >= 11 is 0. The Bertz CT molecular complexity index is 375. The molecule has 0 amide bonds. The van der Waals surface area contributed by atoms with Crippen LogP contribution in [0.15, 0.2) is 24.3 Å². The van der Waals surface area contributed by atoms with E-state index >= 15 is 0 Å².